The van der Waals surface area contributed by atoms with Gasteiger partial charge in [-0.15, -0.1) is 0 Å². The van der Waals surface area contributed by atoms with Gasteiger partial charge < -0.3 is 4.74 Å². The lowest BCUT2D eigenvalue weighted by molar-refractivity contribution is 0.0486. The standard InChI is InChI=1S/C20H30F2O2/c1-3-4-5-6-7-8-9-10-11-12-15-24-20(23)18-17(21)14-13-16(2)19(18)22/h13-14H,3-12,15H2,1-2H3. The molecule has 0 spiro atoms. The summed E-state index contributed by atoms with van der Waals surface area (Å²) in [6, 6.07) is 2.40. The van der Waals surface area contributed by atoms with Crippen LogP contribution < -0.4 is 0 Å². The molecule has 0 bridgehead atoms. The highest BCUT2D eigenvalue weighted by atomic mass is 19.1. The van der Waals surface area contributed by atoms with E-state index in [1.807, 2.05) is 0 Å². The molecule has 0 saturated heterocycles. The molecule has 136 valence electrons. The maximum atomic E-state index is 13.8. The number of carbonyl (C=O) groups is 1. The zero-order chi connectivity index (χ0) is 17.8. The number of aryl methyl sites for hydroxylation is 1. The van der Waals surface area contributed by atoms with Gasteiger partial charge in [0, 0.05) is 0 Å². The molecule has 0 aliphatic heterocycles. The molecule has 1 rings (SSSR count). The van der Waals surface area contributed by atoms with E-state index in [0.29, 0.717) is 0 Å². The van der Waals surface area contributed by atoms with E-state index in [1.54, 1.807) is 0 Å². The first-order valence-corrected chi connectivity index (χ1v) is 9.19. The third-order valence-electron chi connectivity index (χ3n) is 4.22. The number of benzene rings is 1. The van der Waals surface area contributed by atoms with E-state index in [9.17, 15) is 13.6 Å². The van der Waals surface area contributed by atoms with Gasteiger partial charge in [0.15, 0.2) is 0 Å². The Labute approximate surface area is 144 Å². The van der Waals surface area contributed by atoms with Crippen molar-refractivity contribution in [2.24, 2.45) is 0 Å². The van der Waals surface area contributed by atoms with Crippen molar-refractivity contribution in [3.05, 3.63) is 34.9 Å². The number of hydrogen-bond donors (Lipinski definition) is 0. The van der Waals surface area contributed by atoms with Crippen LogP contribution in [0.25, 0.3) is 0 Å². The van der Waals surface area contributed by atoms with E-state index in [-0.39, 0.29) is 12.2 Å². The number of esters is 1. The average molecular weight is 340 g/mol. The summed E-state index contributed by atoms with van der Waals surface area (Å²) in [6.07, 6.45) is 11.8. The molecule has 0 atom stereocenters. The molecule has 0 N–H and O–H groups in total. The van der Waals surface area contributed by atoms with E-state index in [0.717, 1.165) is 25.3 Å². The molecule has 4 heteroatoms. The van der Waals surface area contributed by atoms with Gasteiger partial charge in [-0.3, -0.25) is 0 Å². The van der Waals surface area contributed by atoms with Crippen LogP contribution in [0, 0.1) is 18.6 Å². The normalized spacial score (nSPS) is 10.8. The summed E-state index contributed by atoms with van der Waals surface area (Å²) in [7, 11) is 0. The molecule has 1 aromatic rings. The van der Waals surface area contributed by atoms with Crippen molar-refractivity contribution in [3.63, 3.8) is 0 Å². The van der Waals surface area contributed by atoms with Crippen LogP contribution in [0.5, 0.6) is 0 Å². The van der Waals surface area contributed by atoms with Crippen LogP contribution in [0.1, 0.15) is 87.1 Å². The van der Waals surface area contributed by atoms with E-state index >= 15 is 0 Å². The highest BCUT2D eigenvalue weighted by Crippen LogP contribution is 2.17. The third kappa shape index (κ3) is 7.41. The molecule has 0 amide bonds. The minimum Gasteiger partial charge on any atom is -0.462 e. The van der Waals surface area contributed by atoms with Crippen LogP contribution in [0.3, 0.4) is 0 Å². The Hall–Kier alpha value is -1.45. The van der Waals surface area contributed by atoms with E-state index in [1.165, 1.54) is 57.9 Å². The van der Waals surface area contributed by atoms with Crippen LogP contribution in [0.4, 0.5) is 8.78 Å². The van der Waals surface area contributed by atoms with Crippen molar-refractivity contribution in [2.75, 3.05) is 6.61 Å². The van der Waals surface area contributed by atoms with Crippen molar-refractivity contribution in [1.29, 1.82) is 0 Å². The summed E-state index contributed by atoms with van der Waals surface area (Å²) >= 11 is 0. The molecule has 0 fully saturated rings. The van der Waals surface area contributed by atoms with Gasteiger partial charge in [-0.05, 0) is 25.0 Å². The Morgan fingerprint density at radius 2 is 1.46 bits per heavy atom. The average Bonchev–Trinajstić information content (AvgIpc) is 2.56. The van der Waals surface area contributed by atoms with Crippen LogP contribution in [0.15, 0.2) is 12.1 Å². The van der Waals surface area contributed by atoms with Gasteiger partial charge >= 0.3 is 5.97 Å². The molecule has 0 aliphatic carbocycles. The molecular formula is C20H30F2O2. The molecule has 0 saturated carbocycles. The van der Waals surface area contributed by atoms with Gasteiger partial charge in [-0.1, -0.05) is 70.8 Å². The van der Waals surface area contributed by atoms with Gasteiger partial charge in [0.1, 0.15) is 17.2 Å². The fourth-order valence-corrected chi connectivity index (χ4v) is 2.67. The SMILES string of the molecule is CCCCCCCCCCCCOC(=O)c1c(F)ccc(C)c1F. The first kappa shape index (κ1) is 20.6. The van der Waals surface area contributed by atoms with Gasteiger partial charge in [0.05, 0.1) is 6.61 Å². The first-order valence-electron chi connectivity index (χ1n) is 9.19. The predicted octanol–water partition coefficient (Wildman–Crippen LogP) is 6.35. The topological polar surface area (TPSA) is 26.3 Å². The second-order valence-corrected chi connectivity index (χ2v) is 6.37. The van der Waals surface area contributed by atoms with Crippen molar-refractivity contribution < 1.29 is 18.3 Å². The van der Waals surface area contributed by atoms with E-state index in [2.05, 4.69) is 6.92 Å². The summed E-state index contributed by atoms with van der Waals surface area (Å²) in [5, 5.41) is 0. The van der Waals surface area contributed by atoms with E-state index < -0.39 is 23.2 Å². The van der Waals surface area contributed by atoms with Crippen molar-refractivity contribution in [1.82, 2.24) is 0 Å². The smallest absolute Gasteiger partial charge is 0.344 e. The Bertz CT molecular complexity index is 501. The summed E-state index contributed by atoms with van der Waals surface area (Å²) in [4.78, 5) is 11.8. The lowest BCUT2D eigenvalue weighted by Gasteiger charge is -2.08. The molecular weight excluding hydrogens is 310 g/mol. The Balaban J connectivity index is 2.12. The highest BCUT2D eigenvalue weighted by Gasteiger charge is 2.20. The summed E-state index contributed by atoms with van der Waals surface area (Å²) in [6.45, 7) is 3.92. The fraction of sp³-hybridized carbons (Fsp3) is 0.650. The maximum absolute atomic E-state index is 13.8. The molecule has 0 unspecified atom stereocenters. The zero-order valence-corrected chi connectivity index (χ0v) is 15.0. The van der Waals surface area contributed by atoms with Gasteiger partial charge in [0.2, 0.25) is 0 Å². The summed E-state index contributed by atoms with van der Waals surface area (Å²) in [5.74, 6) is -2.61. The van der Waals surface area contributed by atoms with Gasteiger partial charge in [0.25, 0.3) is 0 Å². The van der Waals surface area contributed by atoms with Crippen LogP contribution in [-0.2, 0) is 4.74 Å². The maximum Gasteiger partial charge on any atom is 0.344 e. The first-order chi connectivity index (χ1) is 11.6. The molecule has 2 nitrogen and oxygen atoms in total. The van der Waals surface area contributed by atoms with E-state index in [4.69, 9.17) is 4.74 Å². The molecule has 0 radical (unpaired) electrons. The molecule has 0 heterocycles. The largest absolute Gasteiger partial charge is 0.462 e. The zero-order valence-electron chi connectivity index (χ0n) is 15.0. The Kier molecular flexibility index (Phi) is 10.3. The lowest BCUT2D eigenvalue weighted by atomic mass is 10.1. The minimum absolute atomic E-state index is 0.210. The Morgan fingerprint density at radius 3 is 2.04 bits per heavy atom. The molecule has 1 aromatic carbocycles. The fourth-order valence-electron chi connectivity index (χ4n) is 2.67. The predicted molar refractivity (Wildman–Crippen MR) is 93.2 cm³/mol. The second kappa shape index (κ2) is 12.0. The van der Waals surface area contributed by atoms with Gasteiger partial charge in [-0.25, -0.2) is 13.6 Å². The molecule has 0 aromatic heterocycles. The van der Waals surface area contributed by atoms with Crippen molar-refractivity contribution in [2.45, 2.75) is 78.1 Å². The van der Waals surface area contributed by atoms with Crippen LogP contribution >= 0.6 is 0 Å². The quantitative estimate of drug-likeness (QED) is 0.327. The Morgan fingerprint density at radius 1 is 0.917 bits per heavy atom. The van der Waals surface area contributed by atoms with Crippen LogP contribution in [-0.4, -0.2) is 12.6 Å². The highest BCUT2D eigenvalue weighted by molar-refractivity contribution is 5.90. The molecule has 0 aliphatic rings. The summed E-state index contributed by atoms with van der Waals surface area (Å²) < 4.78 is 32.4. The number of hydrogen-bond acceptors (Lipinski definition) is 2. The monoisotopic (exact) mass is 340 g/mol. The van der Waals surface area contributed by atoms with Gasteiger partial charge in [-0.2, -0.15) is 0 Å². The number of carbonyl (C=O) groups excluding carboxylic acids is 1. The number of unbranched alkanes of at least 4 members (excludes halogenated alkanes) is 9. The lowest BCUT2D eigenvalue weighted by Crippen LogP contribution is -2.12. The van der Waals surface area contributed by atoms with Crippen LogP contribution in [0.2, 0.25) is 0 Å². The minimum atomic E-state index is -0.912. The number of ether oxygens (including phenoxy) is 1. The van der Waals surface area contributed by atoms with Crippen molar-refractivity contribution in [3.8, 4) is 0 Å². The number of halogens is 2. The number of rotatable bonds is 12. The summed E-state index contributed by atoms with van der Waals surface area (Å²) in [5.41, 5.74) is -0.343. The third-order valence-corrected chi connectivity index (χ3v) is 4.22. The second-order valence-electron chi connectivity index (χ2n) is 6.37. The van der Waals surface area contributed by atoms with Crippen molar-refractivity contribution >= 4 is 5.97 Å². The molecule has 24 heavy (non-hydrogen) atoms.